The van der Waals surface area contributed by atoms with Gasteiger partial charge in [-0.2, -0.15) is 0 Å². The summed E-state index contributed by atoms with van der Waals surface area (Å²) in [5.74, 6) is 2.11. The van der Waals surface area contributed by atoms with Gasteiger partial charge in [0.25, 0.3) is 0 Å². The molecule has 0 atom stereocenters. The van der Waals surface area contributed by atoms with Crippen molar-refractivity contribution in [3.8, 4) is 0 Å². The van der Waals surface area contributed by atoms with Crippen molar-refractivity contribution < 1.29 is 4.79 Å². The molecule has 3 rings (SSSR count). The largest absolute Gasteiger partial charge is 0.354 e. The van der Waals surface area contributed by atoms with Crippen LogP contribution in [0.15, 0.2) is 6.20 Å². The highest BCUT2D eigenvalue weighted by Gasteiger charge is 2.34. The van der Waals surface area contributed by atoms with Crippen molar-refractivity contribution in [1.82, 2.24) is 14.9 Å². The molecule has 0 aliphatic heterocycles. The van der Waals surface area contributed by atoms with E-state index >= 15 is 0 Å². The third-order valence-electron chi connectivity index (χ3n) is 5.15. The van der Waals surface area contributed by atoms with Crippen molar-refractivity contribution in [2.75, 3.05) is 6.54 Å². The van der Waals surface area contributed by atoms with Gasteiger partial charge in [-0.05, 0) is 32.6 Å². The third kappa shape index (κ3) is 3.14. The zero-order valence-corrected chi connectivity index (χ0v) is 13.3. The lowest BCUT2D eigenvalue weighted by atomic mass is 9.75. The highest BCUT2D eigenvalue weighted by atomic mass is 16.2. The number of rotatable bonds is 5. The first-order valence-corrected chi connectivity index (χ1v) is 8.40. The Labute approximate surface area is 127 Å². The quantitative estimate of drug-likeness (QED) is 0.905. The fourth-order valence-electron chi connectivity index (χ4n) is 3.49. The van der Waals surface area contributed by atoms with E-state index in [1.54, 1.807) is 0 Å². The van der Waals surface area contributed by atoms with Crippen LogP contribution in [0.3, 0.4) is 0 Å². The summed E-state index contributed by atoms with van der Waals surface area (Å²) in [6, 6.07) is 0. The lowest BCUT2D eigenvalue weighted by Gasteiger charge is -2.32. The number of hydrogen-bond acceptors (Lipinski definition) is 2. The van der Waals surface area contributed by atoms with Crippen LogP contribution in [0.2, 0.25) is 0 Å². The summed E-state index contributed by atoms with van der Waals surface area (Å²) in [5, 5.41) is 3.16. The molecule has 0 unspecified atom stereocenters. The molecule has 2 saturated carbocycles. The molecule has 1 aromatic heterocycles. The van der Waals surface area contributed by atoms with Crippen LogP contribution in [0, 0.1) is 12.3 Å². The number of imidazole rings is 1. The van der Waals surface area contributed by atoms with Crippen LogP contribution >= 0.6 is 0 Å². The third-order valence-corrected chi connectivity index (χ3v) is 5.15. The van der Waals surface area contributed by atoms with Crippen molar-refractivity contribution in [3.63, 3.8) is 0 Å². The van der Waals surface area contributed by atoms with Crippen LogP contribution in [0.25, 0.3) is 0 Å². The number of amides is 1. The number of nitrogens with one attached hydrogen (secondary N) is 1. The molecule has 2 fully saturated rings. The van der Waals surface area contributed by atoms with E-state index < -0.39 is 0 Å². The molecule has 1 amide bonds. The van der Waals surface area contributed by atoms with Gasteiger partial charge in [0.05, 0.1) is 0 Å². The number of aryl methyl sites for hydroxylation is 1. The first kappa shape index (κ1) is 14.6. The Bertz CT molecular complexity index is 510. The molecule has 0 saturated heterocycles. The smallest absolute Gasteiger partial charge is 0.225 e. The summed E-state index contributed by atoms with van der Waals surface area (Å²) in [5.41, 5.74) is 1.07. The van der Waals surface area contributed by atoms with Gasteiger partial charge in [0.1, 0.15) is 5.82 Å². The average Bonchev–Trinajstić information content (AvgIpc) is 3.25. The molecule has 4 nitrogen and oxygen atoms in total. The van der Waals surface area contributed by atoms with Gasteiger partial charge in [-0.15, -0.1) is 0 Å². The fourth-order valence-corrected chi connectivity index (χ4v) is 3.49. The molecule has 0 bridgehead atoms. The van der Waals surface area contributed by atoms with Crippen LogP contribution in [-0.2, 0) is 11.3 Å². The summed E-state index contributed by atoms with van der Waals surface area (Å²) in [6.07, 6.45) is 10.2. The van der Waals surface area contributed by atoms with Crippen molar-refractivity contribution in [2.24, 2.45) is 5.41 Å². The second-order valence-electron chi connectivity index (χ2n) is 7.06. The monoisotopic (exact) mass is 289 g/mol. The van der Waals surface area contributed by atoms with E-state index in [-0.39, 0.29) is 11.3 Å². The Morgan fingerprint density at radius 2 is 2.10 bits per heavy atom. The van der Waals surface area contributed by atoms with Gasteiger partial charge < -0.3 is 9.88 Å². The molecule has 1 N–H and O–H groups in total. The number of nitrogens with zero attached hydrogens (tertiary/aromatic N) is 2. The molecule has 0 radical (unpaired) electrons. The highest BCUT2D eigenvalue weighted by molar-refractivity contribution is 5.82. The minimum Gasteiger partial charge on any atom is -0.354 e. The van der Waals surface area contributed by atoms with Gasteiger partial charge in [-0.1, -0.05) is 26.2 Å². The summed E-state index contributed by atoms with van der Waals surface area (Å²) in [6.45, 7) is 5.79. The van der Waals surface area contributed by atoms with Gasteiger partial charge in [0, 0.05) is 36.3 Å². The second-order valence-corrected chi connectivity index (χ2v) is 7.06. The lowest BCUT2D eigenvalue weighted by Crippen LogP contribution is -2.41. The van der Waals surface area contributed by atoms with Gasteiger partial charge in [-0.25, -0.2) is 4.98 Å². The molecule has 1 heterocycles. The van der Waals surface area contributed by atoms with E-state index in [0.717, 1.165) is 19.4 Å². The lowest BCUT2D eigenvalue weighted by molar-refractivity contribution is -0.131. The minimum absolute atomic E-state index is 0.137. The molecule has 2 aliphatic carbocycles. The normalized spacial score (nSPS) is 21.2. The fraction of sp³-hybridized carbons (Fsp3) is 0.765. The number of carbonyl (C=O) groups excluding carboxylic acids is 1. The maximum Gasteiger partial charge on any atom is 0.225 e. The summed E-state index contributed by atoms with van der Waals surface area (Å²) in [7, 11) is 0. The summed E-state index contributed by atoms with van der Waals surface area (Å²) in [4.78, 5) is 17.0. The van der Waals surface area contributed by atoms with Crippen molar-refractivity contribution >= 4 is 5.91 Å². The van der Waals surface area contributed by atoms with E-state index in [1.807, 2.05) is 6.20 Å². The molecular weight excluding hydrogens is 262 g/mol. The molecule has 0 aromatic carbocycles. The van der Waals surface area contributed by atoms with Gasteiger partial charge in [0.2, 0.25) is 5.91 Å². The number of aromatic nitrogens is 2. The molecule has 116 valence electrons. The Balaban J connectivity index is 1.54. The maximum absolute atomic E-state index is 12.4. The zero-order chi connectivity index (χ0) is 14.9. The van der Waals surface area contributed by atoms with Crippen LogP contribution in [0.4, 0.5) is 0 Å². The van der Waals surface area contributed by atoms with Crippen LogP contribution < -0.4 is 5.32 Å². The van der Waals surface area contributed by atoms with E-state index in [1.165, 1.54) is 43.6 Å². The summed E-state index contributed by atoms with van der Waals surface area (Å²) < 4.78 is 2.28. The minimum atomic E-state index is -0.137. The predicted molar refractivity (Wildman–Crippen MR) is 83.1 cm³/mol. The summed E-state index contributed by atoms with van der Waals surface area (Å²) >= 11 is 0. The standard InChI is InChI=1S/C17H27N3O/c1-13-12-19-15(14-6-7-14)20(13)11-10-18-16(21)17(2)8-4-3-5-9-17/h12,14H,3-11H2,1-2H3,(H,18,21). The van der Waals surface area contributed by atoms with Crippen molar-refractivity contribution in [1.29, 1.82) is 0 Å². The Morgan fingerprint density at radius 3 is 2.76 bits per heavy atom. The SMILES string of the molecule is Cc1cnc(C2CC2)n1CCNC(=O)C1(C)CCCCC1. The first-order chi connectivity index (χ1) is 10.1. The Morgan fingerprint density at radius 1 is 1.38 bits per heavy atom. The van der Waals surface area contributed by atoms with Gasteiger partial charge in [-0.3, -0.25) is 4.79 Å². The second kappa shape index (κ2) is 5.82. The topological polar surface area (TPSA) is 46.9 Å². The molecule has 1 aromatic rings. The Kier molecular flexibility index (Phi) is 4.05. The predicted octanol–water partition coefficient (Wildman–Crippen LogP) is 3.16. The molecule has 0 spiro atoms. The van der Waals surface area contributed by atoms with Gasteiger partial charge in [0.15, 0.2) is 0 Å². The van der Waals surface area contributed by atoms with Crippen LogP contribution in [0.5, 0.6) is 0 Å². The number of hydrogen-bond donors (Lipinski definition) is 1. The maximum atomic E-state index is 12.4. The van der Waals surface area contributed by atoms with Crippen molar-refractivity contribution in [2.45, 2.75) is 71.3 Å². The van der Waals surface area contributed by atoms with E-state index in [9.17, 15) is 4.79 Å². The van der Waals surface area contributed by atoms with E-state index in [0.29, 0.717) is 12.5 Å². The highest BCUT2D eigenvalue weighted by Crippen LogP contribution is 2.39. The first-order valence-electron chi connectivity index (χ1n) is 8.40. The molecule has 2 aliphatic rings. The van der Waals surface area contributed by atoms with E-state index in [2.05, 4.69) is 28.7 Å². The van der Waals surface area contributed by atoms with Crippen molar-refractivity contribution in [3.05, 3.63) is 17.7 Å². The average molecular weight is 289 g/mol. The molecule has 4 heteroatoms. The van der Waals surface area contributed by atoms with E-state index in [4.69, 9.17) is 0 Å². The van der Waals surface area contributed by atoms with Gasteiger partial charge >= 0.3 is 0 Å². The van der Waals surface area contributed by atoms with Crippen LogP contribution in [0.1, 0.15) is 69.3 Å². The Hall–Kier alpha value is -1.32. The molecular formula is C17H27N3O. The molecule has 21 heavy (non-hydrogen) atoms. The van der Waals surface area contributed by atoms with Crippen LogP contribution in [-0.4, -0.2) is 22.0 Å². The number of carbonyl (C=O) groups is 1. The zero-order valence-electron chi connectivity index (χ0n) is 13.3.